The Bertz CT molecular complexity index is 482. The molecule has 2 unspecified atom stereocenters. The van der Waals surface area contributed by atoms with Crippen molar-refractivity contribution < 1.29 is 0 Å². The minimum absolute atomic E-state index is 0.497. The van der Waals surface area contributed by atoms with Gasteiger partial charge < -0.3 is 10.2 Å². The van der Waals surface area contributed by atoms with Crippen LogP contribution in [0.1, 0.15) is 57.4 Å². The lowest BCUT2D eigenvalue weighted by molar-refractivity contribution is 0.360. The molecule has 3 heteroatoms. The molecule has 0 radical (unpaired) electrons. The predicted octanol–water partition coefficient (Wildman–Crippen LogP) is 3.82. The fraction of sp³-hybridized carbons (Fsp3) is 0.722. The second-order valence-electron chi connectivity index (χ2n) is 6.97. The molecule has 0 spiro atoms. The standard InChI is InChI=1S/C18H31N3/c1-12(2)19-11-17-14(4)10-15(5)20-18(17)21-9-7-8-13(3)16(21)6/h10,12-13,16,19H,7-9,11H2,1-6H3. The molecular weight excluding hydrogens is 258 g/mol. The monoisotopic (exact) mass is 289 g/mol. The smallest absolute Gasteiger partial charge is 0.133 e. The van der Waals surface area contributed by atoms with Crippen LogP contribution >= 0.6 is 0 Å². The summed E-state index contributed by atoms with van der Waals surface area (Å²) in [5, 5.41) is 3.56. The van der Waals surface area contributed by atoms with Crippen molar-refractivity contribution in [2.75, 3.05) is 11.4 Å². The van der Waals surface area contributed by atoms with Gasteiger partial charge in [-0.15, -0.1) is 0 Å². The van der Waals surface area contributed by atoms with E-state index in [1.165, 1.54) is 29.8 Å². The fourth-order valence-corrected chi connectivity index (χ4v) is 3.24. The summed E-state index contributed by atoms with van der Waals surface area (Å²) in [5.74, 6) is 1.95. The number of piperidine rings is 1. The quantitative estimate of drug-likeness (QED) is 0.913. The molecule has 1 aromatic rings. The minimum Gasteiger partial charge on any atom is -0.353 e. The van der Waals surface area contributed by atoms with Gasteiger partial charge >= 0.3 is 0 Å². The summed E-state index contributed by atoms with van der Waals surface area (Å²) in [5.41, 5.74) is 3.85. The molecule has 1 aliphatic rings. The maximum Gasteiger partial charge on any atom is 0.133 e. The molecule has 1 fully saturated rings. The number of rotatable bonds is 4. The number of nitrogens with one attached hydrogen (secondary N) is 1. The van der Waals surface area contributed by atoms with Crippen LogP contribution < -0.4 is 10.2 Å². The summed E-state index contributed by atoms with van der Waals surface area (Å²) < 4.78 is 0. The summed E-state index contributed by atoms with van der Waals surface area (Å²) in [6, 6.07) is 3.28. The number of pyridine rings is 1. The van der Waals surface area contributed by atoms with Crippen LogP contribution in [0.25, 0.3) is 0 Å². The lowest BCUT2D eigenvalue weighted by atomic mass is 9.91. The molecule has 2 rings (SSSR count). The van der Waals surface area contributed by atoms with E-state index in [4.69, 9.17) is 4.98 Å². The van der Waals surface area contributed by atoms with E-state index in [9.17, 15) is 0 Å². The summed E-state index contributed by atoms with van der Waals surface area (Å²) in [4.78, 5) is 7.44. The van der Waals surface area contributed by atoms with Gasteiger partial charge in [-0.2, -0.15) is 0 Å². The van der Waals surface area contributed by atoms with Crippen molar-refractivity contribution in [3.8, 4) is 0 Å². The van der Waals surface area contributed by atoms with Crippen molar-refractivity contribution in [3.05, 3.63) is 22.9 Å². The highest BCUT2D eigenvalue weighted by molar-refractivity contribution is 5.52. The van der Waals surface area contributed by atoms with E-state index in [1.807, 2.05) is 0 Å². The SMILES string of the molecule is Cc1cc(C)c(CNC(C)C)c(N2CCCC(C)C2C)n1. The number of hydrogen-bond acceptors (Lipinski definition) is 3. The molecule has 21 heavy (non-hydrogen) atoms. The average molecular weight is 289 g/mol. The highest BCUT2D eigenvalue weighted by Gasteiger charge is 2.27. The van der Waals surface area contributed by atoms with Crippen molar-refractivity contribution in [2.45, 2.75) is 73.0 Å². The number of aromatic nitrogens is 1. The van der Waals surface area contributed by atoms with Crippen molar-refractivity contribution in [1.82, 2.24) is 10.3 Å². The Balaban J connectivity index is 2.36. The molecule has 1 saturated heterocycles. The van der Waals surface area contributed by atoms with E-state index in [2.05, 4.69) is 57.8 Å². The van der Waals surface area contributed by atoms with Crippen LogP contribution in [0.15, 0.2) is 6.07 Å². The minimum atomic E-state index is 0.497. The van der Waals surface area contributed by atoms with Crippen LogP contribution in [0.2, 0.25) is 0 Å². The van der Waals surface area contributed by atoms with Crippen LogP contribution in [0.4, 0.5) is 5.82 Å². The molecule has 1 aromatic heterocycles. The van der Waals surface area contributed by atoms with Crippen molar-refractivity contribution in [2.24, 2.45) is 5.92 Å². The van der Waals surface area contributed by atoms with E-state index in [-0.39, 0.29) is 0 Å². The molecule has 0 aliphatic carbocycles. The van der Waals surface area contributed by atoms with Gasteiger partial charge in [0.2, 0.25) is 0 Å². The van der Waals surface area contributed by atoms with Gasteiger partial charge in [0.1, 0.15) is 5.82 Å². The Labute approximate surface area is 130 Å². The summed E-state index contributed by atoms with van der Waals surface area (Å²) in [7, 11) is 0. The van der Waals surface area contributed by atoms with Crippen LogP contribution in [0.3, 0.4) is 0 Å². The molecule has 1 aliphatic heterocycles. The second-order valence-corrected chi connectivity index (χ2v) is 6.97. The maximum absolute atomic E-state index is 4.91. The van der Waals surface area contributed by atoms with Gasteiger partial charge in [-0.3, -0.25) is 0 Å². The Kier molecular flexibility index (Phi) is 5.26. The number of nitrogens with zero attached hydrogens (tertiary/aromatic N) is 2. The van der Waals surface area contributed by atoms with Crippen molar-refractivity contribution >= 4 is 5.82 Å². The molecule has 0 saturated carbocycles. The van der Waals surface area contributed by atoms with E-state index < -0.39 is 0 Å². The first-order valence-corrected chi connectivity index (χ1v) is 8.37. The zero-order valence-corrected chi connectivity index (χ0v) is 14.5. The zero-order valence-electron chi connectivity index (χ0n) is 14.5. The van der Waals surface area contributed by atoms with Gasteiger partial charge in [-0.25, -0.2) is 4.98 Å². The third-order valence-corrected chi connectivity index (χ3v) is 4.79. The predicted molar refractivity (Wildman–Crippen MR) is 90.9 cm³/mol. The van der Waals surface area contributed by atoms with Gasteiger partial charge in [0.15, 0.2) is 0 Å². The lowest BCUT2D eigenvalue weighted by Crippen LogP contribution is -2.44. The summed E-state index contributed by atoms with van der Waals surface area (Å²) in [6.07, 6.45) is 2.61. The van der Waals surface area contributed by atoms with E-state index in [1.54, 1.807) is 0 Å². The van der Waals surface area contributed by atoms with E-state index in [0.29, 0.717) is 12.1 Å². The first-order chi connectivity index (χ1) is 9.90. The molecular formula is C18H31N3. The molecule has 118 valence electrons. The average Bonchev–Trinajstić information content (AvgIpc) is 2.40. The summed E-state index contributed by atoms with van der Waals surface area (Å²) in [6.45, 7) is 15.5. The molecule has 3 nitrogen and oxygen atoms in total. The maximum atomic E-state index is 4.91. The van der Waals surface area contributed by atoms with Gasteiger partial charge in [0.05, 0.1) is 0 Å². The number of anilines is 1. The molecule has 2 atom stereocenters. The summed E-state index contributed by atoms with van der Waals surface area (Å²) >= 11 is 0. The number of aryl methyl sites for hydroxylation is 2. The molecule has 0 aromatic carbocycles. The normalized spacial score (nSPS) is 22.9. The Morgan fingerprint density at radius 3 is 2.71 bits per heavy atom. The van der Waals surface area contributed by atoms with E-state index in [0.717, 1.165) is 24.7 Å². The molecule has 1 N–H and O–H groups in total. The fourth-order valence-electron chi connectivity index (χ4n) is 3.24. The Morgan fingerprint density at radius 2 is 2.05 bits per heavy atom. The van der Waals surface area contributed by atoms with Crippen LogP contribution in [-0.4, -0.2) is 23.6 Å². The first-order valence-electron chi connectivity index (χ1n) is 8.37. The Morgan fingerprint density at radius 1 is 1.33 bits per heavy atom. The zero-order chi connectivity index (χ0) is 15.6. The van der Waals surface area contributed by atoms with Crippen LogP contribution in [-0.2, 0) is 6.54 Å². The van der Waals surface area contributed by atoms with E-state index >= 15 is 0 Å². The first kappa shape index (κ1) is 16.3. The molecule has 0 bridgehead atoms. The third kappa shape index (κ3) is 3.76. The highest BCUT2D eigenvalue weighted by atomic mass is 15.2. The largest absolute Gasteiger partial charge is 0.353 e. The molecule has 2 heterocycles. The van der Waals surface area contributed by atoms with Gasteiger partial charge in [-0.05, 0) is 51.2 Å². The highest BCUT2D eigenvalue weighted by Crippen LogP contribution is 2.31. The van der Waals surface area contributed by atoms with Gasteiger partial charge in [0.25, 0.3) is 0 Å². The number of hydrogen-bond donors (Lipinski definition) is 1. The van der Waals surface area contributed by atoms with Crippen molar-refractivity contribution in [3.63, 3.8) is 0 Å². The van der Waals surface area contributed by atoms with Crippen molar-refractivity contribution in [1.29, 1.82) is 0 Å². The topological polar surface area (TPSA) is 28.2 Å². The van der Waals surface area contributed by atoms with Crippen LogP contribution in [0, 0.1) is 19.8 Å². The third-order valence-electron chi connectivity index (χ3n) is 4.79. The molecule has 0 amide bonds. The van der Waals surface area contributed by atoms with Gasteiger partial charge in [0, 0.05) is 36.4 Å². The van der Waals surface area contributed by atoms with Crippen LogP contribution in [0.5, 0.6) is 0 Å². The van der Waals surface area contributed by atoms with Gasteiger partial charge in [-0.1, -0.05) is 20.8 Å². The Hall–Kier alpha value is -1.09. The second kappa shape index (κ2) is 6.78. The lowest BCUT2D eigenvalue weighted by Gasteiger charge is -2.40.